The number of hydrogen-bond acceptors (Lipinski definition) is 14. The molecule has 27 nitrogen and oxygen atoms in total. The average Bonchev–Trinajstić information content (AvgIpc) is 3.88. The number of unbranched alkanes of at least 4 members (excludes halogenated alkanes) is 3. The number of nitrogens with zero attached hydrogens (tertiary/aromatic N) is 3. The van der Waals surface area contributed by atoms with Crippen molar-refractivity contribution in [1.82, 2.24) is 51.7 Å². The van der Waals surface area contributed by atoms with Crippen LogP contribution in [-0.2, 0) is 56.0 Å². The van der Waals surface area contributed by atoms with Crippen LogP contribution in [0.3, 0.4) is 0 Å². The SMILES string of the molecule is NCCCC[C@H](NC(=O)[C@H](CCCCN)NC(=O)[C@H](CCCCN)NC(=O)[C@@H](N)CCCN=C(N)N)C(=O)NCC(=O)N1CCC[C@H]1C(=O)N[C@@H](Cc1c[nH]c2ccccc12)C(=O)N1CCC[C@H]1C(=O)N[C@@H](Cc1c[nH]c2ccccc12)C(=O)O. The number of carboxylic acids is 1. The van der Waals surface area contributed by atoms with Crippen LogP contribution >= 0.6 is 0 Å². The van der Waals surface area contributed by atoms with E-state index >= 15 is 0 Å². The first-order valence-corrected chi connectivity index (χ1v) is 29.6. The summed E-state index contributed by atoms with van der Waals surface area (Å²) in [5.74, 6) is -6.39. The maximum Gasteiger partial charge on any atom is 0.326 e. The molecular formula is C58H87N17O10. The number of aliphatic carboxylic acids is 1. The van der Waals surface area contributed by atoms with Crippen molar-refractivity contribution in [3.05, 3.63) is 72.1 Å². The Morgan fingerprint density at radius 3 is 1.53 bits per heavy atom. The summed E-state index contributed by atoms with van der Waals surface area (Å²) in [5.41, 5.74) is 37.3. The molecule has 85 heavy (non-hydrogen) atoms. The van der Waals surface area contributed by atoms with Crippen LogP contribution < -0.4 is 66.3 Å². The van der Waals surface area contributed by atoms with Gasteiger partial charge < -0.3 is 91.2 Å². The van der Waals surface area contributed by atoms with Crippen LogP contribution in [-0.4, -0.2) is 178 Å². The molecule has 2 aliphatic heterocycles. The number of H-pyrrole nitrogens is 2. The van der Waals surface area contributed by atoms with E-state index in [0.29, 0.717) is 88.5 Å². The second kappa shape index (κ2) is 33.4. The molecule has 0 spiro atoms. The maximum absolute atomic E-state index is 14.9. The monoisotopic (exact) mass is 1180 g/mol. The molecule has 2 saturated heterocycles. The molecule has 2 aromatic heterocycles. The van der Waals surface area contributed by atoms with Crippen molar-refractivity contribution in [2.24, 2.45) is 39.4 Å². The Labute approximate surface area is 494 Å². The third kappa shape index (κ3) is 19.2. The number of likely N-dealkylation sites (tertiary alicyclic amines) is 2. The van der Waals surface area contributed by atoms with E-state index in [-0.39, 0.29) is 77.0 Å². The zero-order chi connectivity index (χ0) is 61.4. The summed E-state index contributed by atoms with van der Waals surface area (Å²) in [5, 5.41) is 28.4. The second-order valence-corrected chi connectivity index (χ2v) is 21.8. The number of aliphatic imine (C=N–C) groups is 1. The number of aromatic nitrogens is 2. The molecule has 464 valence electrons. The van der Waals surface area contributed by atoms with Crippen molar-refractivity contribution in [2.75, 3.05) is 45.8 Å². The number of para-hydroxylation sites is 2. The molecule has 6 rings (SSSR count). The summed E-state index contributed by atoms with van der Waals surface area (Å²) in [6.07, 6.45) is 8.80. The molecule has 0 bridgehead atoms. The summed E-state index contributed by atoms with van der Waals surface area (Å²) >= 11 is 0. The molecular weight excluding hydrogens is 1090 g/mol. The predicted octanol–water partition coefficient (Wildman–Crippen LogP) is -1.19. The summed E-state index contributed by atoms with van der Waals surface area (Å²) in [7, 11) is 0. The highest BCUT2D eigenvalue weighted by molar-refractivity contribution is 5.98. The van der Waals surface area contributed by atoms with Crippen LogP contribution in [0.15, 0.2) is 65.9 Å². The highest BCUT2D eigenvalue weighted by Gasteiger charge is 2.42. The van der Waals surface area contributed by atoms with Gasteiger partial charge in [-0.15, -0.1) is 0 Å². The van der Waals surface area contributed by atoms with E-state index in [1.165, 1.54) is 9.80 Å². The highest BCUT2D eigenvalue weighted by Crippen LogP contribution is 2.26. The minimum atomic E-state index is -1.31. The zero-order valence-electron chi connectivity index (χ0n) is 48.3. The molecule has 4 aromatic rings. The number of benzene rings is 2. The minimum Gasteiger partial charge on any atom is -0.480 e. The van der Waals surface area contributed by atoms with Gasteiger partial charge in [0, 0.05) is 66.7 Å². The van der Waals surface area contributed by atoms with Gasteiger partial charge in [0.25, 0.3) is 0 Å². The molecule has 2 fully saturated rings. The first-order valence-electron chi connectivity index (χ1n) is 29.6. The third-order valence-electron chi connectivity index (χ3n) is 15.6. The molecule has 8 amide bonds. The van der Waals surface area contributed by atoms with Crippen molar-refractivity contribution in [3.8, 4) is 0 Å². The van der Waals surface area contributed by atoms with Gasteiger partial charge in [-0.2, -0.15) is 0 Å². The summed E-state index contributed by atoms with van der Waals surface area (Å²) in [4.78, 5) is 138. The van der Waals surface area contributed by atoms with Crippen LogP contribution in [0.5, 0.6) is 0 Å². The minimum absolute atomic E-state index is 0.00752. The second-order valence-electron chi connectivity index (χ2n) is 21.8. The van der Waals surface area contributed by atoms with Gasteiger partial charge in [-0.3, -0.25) is 43.3 Å². The van der Waals surface area contributed by atoms with E-state index in [4.69, 9.17) is 34.4 Å². The number of rotatable bonds is 35. The Balaban J connectivity index is 1.12. The van der Waals surface area contributed by atoms with Crippen LogP contribution in [0.2, 0.25) is 0 Å². The van der Waals surface area contributed by atoms with Gasteiger partial charge in [-0.05, 0) is 139 Å². The van der Waals surface area contributed by atoms with E-state index in [1.54, 1.807) is 12.4 Å². The van der Waals surface area contributed by atoms with Gasteiger partial charge in [0.2, 0.25) is 47.3 Å². The molecule has 0 radical (unpaired) electrons. The standard InChI is InChI=1S/C58H87N17O10/c59-24-8-5-19-42(70-53(80)44(21-7-10-26-61)71-52(79)43(20-6-9-25-60)69-50(77)39(62)16-11-27-65-58(63)64)51(78)68-34-49(76)74-28-12-22-47(74)54(81)72-45(30-35-32-66-40-17-3-1-14-37(35)40)56(83)75-29-13-23-48(75)55(82)73-46(57(84)85)31-36-33-67-41-18-4-2-15-38(36)41/h1-4,14-15,17-18,32-33,39,42-48,66-67H,5-13,16,19-31,34,59-62H2,(H,68,78)(H,69,77)(H,70,80)(H,71,79)(H,72,81)(H,73,82)(H,84,85)(H4,63,64,65)/t39-,42-,43-,44-,45-,46-,47-,48-/m0/s1. The van der Waals surface area contributed by atoms with E-state index < -0.39 is 108 Å². The molecule has 21 N–H and O–H groups in total. The summed E-state index contributed by atoms with van der Waals surface area (Å²) in [6.45, 7) is 0.987. The van der Waals surface area contributed by atoms with Crippen LogP contribution in [0.25, 0.3) is 21.8 Å². The van der Waals surface area contributed by atoms with Gasteiger partial charge >= 0.3 is 5.97 Å². The van der Waals surface area contributed by atoms with Gasteiger partial charge in [-0.1, -0.05) is 36.4 Å². The van der Waals surface area contributed by atoms with E-state index in [0.717, 1.165) is 21.8 Å². The molecule has 2 aromatic carbocycles. The van der Waals surface area contributed by atoms with Gasteiger partial charge in [0.15, 0.2) is 5.96 Å². The number of nitrogens with one attached hydrogen (secondary N) is 8. The Bertz CT molecular complexity index is 2940. The Hall–Kier alpha value is -8.14. The lowest BCUT2D eigenvalue weighted by atomic mass is 10.0. The largest absolute Gasteiger partial charge is 0.480 e. The summed E-state index contributed by atoms with van der Waals surface area (Å²) < 4.78 is 0. The van der Waals surface area contributed by atoms with E-state index in [1.807, 2.05) is 48.5 Å². The predicted molar refractivity (Wildman–Crippen MR) is 320 cm³/mol. The lowest BCUT2D eigenvalue weighted by Gasteiger charge is -2.31. The van der Waals surface area contributed by atoms with E-state index in [9.17, 15) is 48.3 Å². The number of carbonyl (C=O) groups excluding carboxylic acids is 8. The molecule has 8 atom stereocenters. The fourth-order valence-corrected chi connectivity index (χ4v) is 11.0. The van der Waals surface area contributed by atoms with Crippen molar-refractivity contribution < 1.29 is 48.3 Å². The quantitative estimate of drug-likeness (QED) is 0.0146. The topological polar surface area (TPSA) is 453 Å². The number of guanidine groups is 1. The van der Waals surface area contributed by atoms with Gasteiger partial charge in [-0.25, -0.2) is 4.79 Å². The average molecular weight is 1180 g/mol. The number of nitrogens with two attached hydrogens (primary N) is 6. The van der Waals surface area contributed by atoms with Gasteiger partial charge in [0.05, 0.1) is 12.6 Å². The molecule has 0 saturated carbocycles. The maximum atomic E-state index is 14.9. The number of carboxylic acid groups (broad SMARTS) is 1. The van der Waals surface area contributed by atoms with Crippen LogP contribution in [0.4, 0.5) is 0 Å². The Kier molecular flexibility index (Phi) is 25.9. The molecule has 0 unspecified atom stereocenters. The number of aromatic amines is 2. The number of amides is 8. The smallest absolute Gasteiger partial charge is 0.326 e. The zero-order valence-corrected chi connectivity index (χ0v) is 48.3. The Morgan fingerprint density at radius 1 is 0.565 bits per heavy atom. The number of hydrogen-bond donors (Lipinski definition) is 15. The van der Waals surface area contributed by atoms with Crippen molar-refractivity contribution >= 4 is 81.0 Å². The lowest BCUT2D eigenvalue weighted by Crippen LogP contribution is -2.58. The molecule has 0 aliphatic carbocycles. The van der Waals surface area contributed by atoms with Crippen molar-refractivity contribution in [3.63, 3.8) is 0 Å². The molecule has 4 heterocycles. The summed E-state index contributed by atoms with van der Waals surface area (Å²) in [6, 6.07) is 5.83. The fraction of sp³-hybridized carbons (Fsp3) is 0.552. The van der Waals surface area contributed by atoms with Crippen molar-refractivity contribution in [2.45, 2.75) is 157 Å². The normalized spacial score (nSPS) is 17.0. The van der Waals surface area contributed by atoms with Gasteiger partial charge in [0.1, 0.15) is 42.3 Å². The van der Waals surface area contributed by atoms with Crippen molar-refractivity contribution in [1.29, 1.82) is 0 Å². The van der Waals surface area contributed by atoms with Crippen LogP contribution in [0, 0.1) is 0 Å². The number of carbonyl (C=O) groups is 9. The third-order valence-corrected chi connectivity index (χ3v) is 15.6. The number of fused-ring (bicyclic) bond motifs is 2. The molecule has 2 aliphatic rings. The lowest BCUT2D eigenvalue weighted by molar-refractivity contribution is -0.145. The Morgan fingerprint density at radius 2 is 1.02 bits per heavy atom. The first kappa shape index (κ1) is 66.0. The first-order chi connectivity index (χ1) is 40.9. The van der Waals surface area contributed by atoms with E-state index in [2.05, 4.69) is 46.9 Å². The molecule has 27 heteroatoms. The highest BCUT2D eigenvalue weighted by atomic mass is 16.4. The fourth-order valence-electron chi connectivity index (χ4n) is 11.0. The van der Waals surface area contributed by atoms with Crippen LogP contribution in [0.1, 0.15) is 107 Å².